The van der Waals surface area contributed by atoms with Crippen LogP contribution in [0, 0.1) is 12.5 Å². The lowest BCUT2D eigenvalue weighted by Gasteiger charge is -2.32. The molecule has 190 valence electrons. The van der Waals surface area contributed by atoms with Crippen LogP contribution in [0.3, 0.4) is 0 Å². The van der Waals surface area contributed by atoms with Gasteiger partial charge in [-0.15, -0.1) is 0 Å². The number of hydrogen-bond donors (Lipinski definition) is 2. The second-order valence-electron chi connectivity index (χ2n) is 10.3. The molecule has 3 atom stereocenters. The smallest absolute Gasteiger partial charge is 0.302 e. The lowest BCUT2D eigenvalue weighted by atomic mass is 9.80. The van der Waals surface area contributed by atoms with E-state index in [9.17, 15) is 14.4 Å². The highest BCUT2D eigenvalue weighted by Crippen LogP contribution is 2.47. The van der Waals surface area contributed by atoms with Crippen LogP contribution >= 0.6 is 15.9 Å². The second-order valence-corrected chi connectivity index (χ2v) is 11.2. The molecule has 1 fully saturated rings. The minimum absolute atomic E-state index is 0.109. The standard InChI is InChI=1S/C28H28BrN5O3/c1-16(2)12-23(33(4)25(35)22-13-17-19(29)9-7-11-20(17)31-22)26(36)34-15-28(14-24(34)30-3)18-8-5-6-10-21(18)32-27(28)37/h5-11,13,16,23-24,31H,12,14-15H2,1-2,4H3,(H,32,37)/t23-,24-,28-/m0/s1. The van der Waals surface area contributed by atoms with Crippen molar-refractivity contribution in [1.29, 1.82) is 0 Å². The summed E-state index contributed by atoms with van der Waals surface area (Å²) in [4.78, 5) is 50.6. The van der Waals surface area contributed by atoms with Crippen LogP contribution in [0.5, 0.6) is 0 Å². The van der Waals surface area contributed by atoms with Gasteiger partial charge in [0.1, 0.15) is 17.2 Å². The van der Waals surface area contributed by atoms with Gasteiger partial charge in [-0.1, -0.05) is 54.0 Å². The highest BCUT2D eigenvalue weighted by molar-refractivity contribution is 9.10. The summed E-state index contributed by atoms with van der Waals surface area (Å²) in [6.45, 7) is 11.9. The number of likely N-dealkylation sites (tertiary alicyclic amines) is 1. The van der Waals surface area contributed by atoms with Crippen LogP contribution in [0.2, 0.25) is 0 Å². The van der Waals surface area contributed by atoms with Gasteiger partial charge in [0.25, 0.3) is 11.8 Å². The zero-order valence-corrected chi connectivity index (χ0v) is 22.5. The lowest BCUT2D eigenvalue weighted by Crippen LogP contribution is -2.51. The van der Waals surface area contributed by atoms with E-state index in [1.165, 1.54) is 9.80 Å². The Labute approximate surface area is 224 Å². The van der Waals surface area contributed by atoms with Crippen molar-refractivity contribution in [1.82, 2.24) is 14.8 Å². The number of likely N-dealkylation sites (N-methyl/N-ethyl adjacent to an activating group) is 1. The molecular formula is C28H28BrN5O3. The number of nitrogens with one attached hydrogen (secondary N) is 2. The quantitative estimate of drug-likeness (QED) is 0.439. The third-order valence-electron chi connectivity index (χ3n) is 7.50. The van der Waals surface area contributed by atoms with Crippen molar-refractivity contribution in [3.8, 4) is 0 Å². The molecular weight excluding hydrogens is 534 g/mol. The molecule has 3 amide bonds. The first kappa shape index (κ1) is 25.0. The maximum atomic E-state index is 14.1. The Morgan fingerprint density at radius 1 is 1.24 bits per heavy atom. The fourth-order valence-corrected chi connectivity index (χ4v) is 6.06. The summed E-state index contributed by atoms with van der Waals surface area (Å²) in [5.74, 6) is -0.679. The number of para-hydroxylation sites is 1. The molecule has 0 unspecified atom stereocenters. The van der Waals surface area contributed by atoms with Crippen LogP contribution in [-0.4, -0.2) is 58.3 Å². The number of halogens is 1. The number of carbonyl (C=O) groups excluding carboxylic acids is 3. The molecule has 2 aliphatic heterocycles. The minimum atomic E-state index is -0.962. The van der Waals surface area contributed by atoms with Crippen LogP contribution in [0.15, 0.2) is 53.0 Å². The Morgan fingerprint density at radius 2 is 2.00 bits per heavy atom. The fourth-order valence-electron chi connectivity index (χ4n) is 5.58. The Balaban J connectivity index is 1.46. The summed E-state index contributed by atoms with van der Waals surface area (Å²) >= 11 is 3.52. The van der Waals surface area contributed by atoms with Gasteiger partial charge in [0, 0.05) is 34.7 Å². The van der Waals surface area contributed by atoms with Crippen molar-refractivity contribution in [2.24, 2.45) is 5.92 Å². The average molecular weight is 562 g/mol. The number of rotatable bonds is 5. The van der Waals surface area contributed by atoms with Crippen LogP contribution in [0.25, 0.3) is 15.7 Å². The Bertz CT molecular complexity index is 1460. The average Bonchev–Trinajstić information content (AvgIpc) is 3.56. The Hall–Kier alpha value is -3.64. The number of anilines is 1. The summed E-state index contributed by atoms with van der Waals surface area (Å²) in [6, 6.07) is 14.1. The first-order valence-corrected chi connectivity index (χ1v) is 13.1. The summed E-state index contributed by atoms with van der Waals surface area (Å²) in [6.07, 6.45) is -0.124. The maximum absolute atomic E-state index is 14.1. The van der Waals surface area contributed by atoms with Gasteiger partial charge < -0.3 is 15.2 Å². The van der Waals surface area contributed by atoms with E-state index in [2.05, 4.69) is 31.1 Å². The predicted octanol–water partition coefficient (Wildman–Crippen LogP) is 4.78. The predicted molar refractivity (Wildman–Crippen MR) is 145 cm³/mol. The van der Waals surface area contributed by atoms with Crippen LogP contribution < -0.4 is 5.32 Å². The van der Waals surface area contributed by atoms with E-state index in [1.807, 2.05) is 56.3 Å². The molecule has 1 aromatic heterocycles. The van der Waals surface area contributed by atoms with Crippen molar-refractivity contribution in [3.63, 3.8) is 0 Å². The van der Waals surface area contributed by atoms with Crippen LogP contribution in [0.1, 0.15) is 42.7 Å². The van der Waals surface area contributed by atoms with Crippen molar-refractivity contribution < 1.29 is 14.4 Å². The van der Waals surface area contributed by atoms with Gasteiger partial charge in [0.05, 0.1) is 6.42 Å². The normalized spacial score (nSPS) is 21.2. The Kier molecular flexibility index (Phi) is 6.32. The van der Waals surface area contributed by atoms with Crippen LogP contribution in [-0.2, 0) is 15.0 Å². The molecule has 37 heavy (non-hydrogen) atoms. The maximum Gasteiger partial charge on any atom is 0.302 e. The van der Waals surface area contributed by atoms with Crippen molar-refractivity contribution in [3.05, 3.63) is 75.7 Å². The molecule has 1 saturated heterocycles. The minimum Gasteiger partial charge on any atom is -0.350 e. The third kappa shape index (κ3) is 4.09. The summed E-state index contributed by atoms with van der Waals surface area (Å²) in [5, 5.41) is 3.80. The van der Waals surface area contributed by atoms with Gasteiger partial charge in [0.15, 0.2) is 0 Å². The van der Waals surface area contributed by atoms with E-state index >= 15 is 0 Å². The van der Waals surface area contributed by atoms with Gasteiger partial charge in [0.2, 0.25) is 5.91 Å². The number of nitrogens with zero attached hydrogens (tertiary/aromatic N) is 3. The van der Waals surface area contributed by atoms with Gasteiger partial charge in [-0.3, -0.25) is 24.1 Å². The Morgan fingerprint density at radius 3 is 2.70 bits per heavy atom. The second kappa shape index (κ2) is 9.34. The highest BCUT2D eigenvalue weighted by atomic mass is 79.9. The van der Waals surface area contributed by atoms with Crippen molar-refractivity contribution in [2.75, 3.05) is 18.9 Å². The molecule has 2 aliphatic rings. The molecule has 3 aromatic rings. The molecule has 2 N–H and O–H groups in total. The number of benzene rings is 2. The van der Waals surface area contributed by atoms with E-state index in [1.54, 1.807) is 13.1 Å². The number of aromatic amines is 1. The SMILES string of the molecule is [C-]#[N+][C@@H]1C[C@@]2(CN1C(=O)[C@H](CC(C)C)N(C)C(=O)c1cc3c(Br)cccc3[nH]1)C(=O)Nc1ccccc12. The topological polar surface area (TPSA) is 89.9 Å². The number of amides is 3. The zero-order chi connectivity index (χ0) is 26.5. The molecule has 2 aromatic carbocycles. The fraction of sp³-hybridized carbons (Fsp3) is 0.357. The molecule has 0 bridgehead atoms. The van der Waals surface area contributed by atoms with E-state index in [-0.39, 0.29) is 36.6 Å². The number of aromatic nitrogens is 1. The van der Waals surface area contributed by atoms with Gasteiger partial charge in [-0.25, -0.2) is 6.57 Å². The van der Waals surface area contributed by atoms with E-state index in [4.69, 9.17) is 6.57 Å². The van der Waals surface area contributed by atoms with Gasteiger partial charge in [-0.05, 0) is 42.2 Å². The molecule has 0 radical (unpaired) electrons. The number of carbonyl (C=O) groups is 3. The largest absolute Gasteiger partial charge is 0.350 e. The first-order chi connectivity index (χ1) is 17.7. The monoisotopic (exact) mass is 561 g/mol. The molecule has 0 aliphatic carbocycles. The summed E-state index contributed by atoms with van der Waals surface area (Å²) < 4.78 is 0.871. The van der Waals surface area contributed by atoms with Crippen molar-refractivity contribution >= 4 is 50.2 Å². The van der Waals surface area contributed by atoms with E-state index < -0.39 is 17.6 Å². The molecule has 5 rings (SSSR count). The highest BCUT2D eigenvalue weighted by Gasteiger charge is 2.59. The molecule has 1 spiro atoms. The number of hydrogen-bond acceptors (Lipinski definition) is 3. The molecule has 0 saturated carbocycles. The van der Waals surface area contributed by atoms with E-state index in [0.717, 1.165) is 26.6 Å². The number of H-pyrrole nitrogens is 1. The lowest BCUT2D eigenvalue weighted by molar-refractivity contribution is -0.136. The molecule has 9 heteroatoms. The zero-order valence-electron chi connectivity index (χ0n) is 20.9. The third-order valence-corrected chi connectivity index (χ3v) is 8.19. The van der Waals surface area contributed by atoms with Crippen molar-refractivity contribution in [2.45, 2.75) is 44.3 Å². The molecule has 8 nitrogen and oxygen atoms in total. The summed E-state index contributed by atoms with van der Waals surface area (Å²) in [7, 11) is 1.63. The first-order valence-electron chi connectivity index (χ1n) is 12.3. The van der Waals surface area contributed by atoms with Gasteiger partial charge in [-0.2, -0.15) is 0 Å². The number of fused-ring (bicyclic) bond motifs is 3. The van der Waals surface area contributed by atoms with E-state index in [0.29, 0.717) is 12.1 Å². The summed E-state index contributed by atoms with van der Waals surface area (Å²) in [5.41, 5.74) is 1.78. The van der Waals surface area contributed by atoms with Crippen LogP contribution in [0.4, 0.5) is 5.69 Å². The molecule has 3 heterocycles. The van der Waals surface area contributed by atoms with Gasteiger partial charge >= 0.3 is 6.17 Å².